The highest BCUT2D eigenvalue weighted by Crippen LogP contribution is 2.15. The van der Waals surface area contributed by atoms with Crippen LogP contribution in [0, 0.1) is 6.92 Å². The van der Waals surface area contributed by atoms with E-state index in [1.165, 1.54) is 0 Å². The molecule has 0 spiro atoms. The van der Waals surface area contributed by atoms with Gasteiger partial charge in [0, 0.05) is 12.4 Å². The standard InChI is InChI=1S/C8H10N2O3S/c1-6-2-9-8(10-3-6)13-7-4-14(11,12)5-7/h2-3,7H,4-5H2,1H3. The Morgan fingerprint density at radius 3 is 2.43 bits per heavy atom. The van der Waals surface area contributed by atoms with Gasteiger partial charge < -0.3 is 4.74 Å². The number of hydrogen-bond acceptors (Lipinski definition) is 5. The fourth-order valence-corrected chi connectivity index (χ4v) is 2.35. The highest BCUT2D eigenvalue weighted by molar-refractivity contribution is 7.92. The molecule has 0 atom stereocenters. The van der Waals surface area contributed by atoms with Crippen LogP contribution >= 0.6 is 0 Å². The molecule has 0 radical (unpaired) electrons. The number of hydrogen-bond donors (Lipinski definition) is 0. The quantitative estimate of drug-likeness (QED) is 0.691. The van der Waals surface area contributed by atoms with Crippen molar-refractivity contribution in [3.63, 3.8) is 0 Å². The van der Waals surface area contributed by atoms with Gasteiger partial charge in [-0.1, -0.05) is 0 Å². The van der Waals surface area contributed by atoms with E-state index in [4.69, 9.17) is 4.74 Å². The molecular weight excluding hydrogens is 204 g/mol. The average Bonchev–Trinajstić information content (AvgIpc) is 2.06. The lowest BCUT2D eigenvalue weighted by Gasteiger charge is -2.25. The van der Waals surface area contributed by atoms with Crippen molar-refractivity contribution in [3.05, 3.63) is 18.0 Å². The van der Waals surface area contributed by atoms with Gasteiger partial charge in [-0.25, -0.2) is 18.4 Å². The normalized spacial score (nSPS) is 20.1. The van der Waals surface area contributed by atoms with Crippen molar-refractivity contribution in [2.24, 2.45) is 0 Å². The van der Waals surface area contributed by atoms with Crippen molar-refractivity contribution in [1.29, 1.82) is 0 Å². The van der Waals surface area contributed by atoms with Crippen molar-refractivity contribution in [3.8, 4) is 6.01 Å². The summed E-state index contributed by atoms with van der Waals surface area (Å²) in [5.74, 6) is 0.147. The molecule has 5 nitrogen and oxygen atoms in total. The van der Waals surface area contributed by atoms with Gasteiger partial charge in [-0.05, 0) is 12.5 Å². The molecule has 1 aliphatic heterocycles. The Kier molecular flexibility index (Phi) is 2.14. The number of nitrogens with zero attached hydrogens (tertiary/aromatic N) is 2. The minimum Gasteiger partial charge on any atom is -0.458 e. The second-order valence-electron chi connectivity index (χ2n) is 3.36. The van der Waals surface area contributed by atoms with Gasteiger partial charge in [0.15, 0.2) is 9.84 Å². The molecule has 0 aromatic carbocycles. The zero-order valence-corrected chi connectivity index (χ0v) is 8.49. The Labute approximate surface area is 82.1 Å². The lowest BCUT2D eigenvalue weighted by atomic mass is 10.4. The maximum atomic E-state index is 10.8. The first-order valence-electron chi connectivity index (χ1n) is 4.21. The van der Waals surface area contributed by atoms with Crippen LogP contribution in [-0.4, -0.2) is 36.0 Å². The van der Waals surface area contributed by atoms with Crippen LogP contribution in [0.25, 0.3) is 0 Å². The summed E-state index contributed by atoms with van der Waals surface area (Å²) in [6.45, 7) is 1.87. The summed E-state index contributed by atoms with van der Waals surface area (Å²) < 4.78 is 26.9. The molecule has 2 rings (SSSR count). The van der Waals surface area contributed by atoms with Crippen molar-refractivity contribution < 1.29 is 13.2 Å². The zero-order valence-electron chi connectivity index (χ0n) is 7.67. The Bertz CT molecular complexity index is 414. The summed E-state index contributed by atoms with van der Waals surface area (Å²) in [5.41, 5.74) is 0.943. The SMILES string of the molecule is Cc1cnc(OC2CS(=O)(=O)C2)nc1. The number of aromatic nitrogens is 2. The minimum absolute atomic E-state index is 0.0736. The molecule has 1 saturated heterocycles. The van der Waals surface area contributed by atoms with E-state index >= 15 is 0 Å². The Morgan fingerprint density at radius 2 is 1.93 bits per heavy atom. The van der Waals surface area contributed by atoms with Gasteiger partial charge in [0.05, 0.1) is 11.5 Å². The second kappa shape index (κ2) is 3.20. The topological polar surface area (TPSA) is 69.2 Å². The lowest BCUT2D eigenvalue weighted by molar-refractivity contribution is 0.211. The van der Waals surface area contributed by atoms with Crippen molar-refractivity contribution in [2.75, 3.05) is 11.5 Å². The van der Waals surface area contributed by atoms with Gasteiger partial charge in [0.1, 0.15) is 6.10 Å². The van der Waals surface area contributed by atoms with E-state index in [2.05, 4.69) is 9.97 Å². The molecule has 1 fully saturated rings. The Balaban J connectivity index is 1.97. The second-order valence-corrected chi connectivity index (χ2v) is 5.51. The summed E-state index contributed by atoms with van der Waals surface area (Å²) in [6.07, 6.45) is 2.99. The van der Waals surface area contributed by atoms with Gasteiger partial charge in [-0.2, -0.15) is 0 Å². The van der Waals surface area contributed by atoms with Gasteiger partial charge >= 0.3 is 6.01 Å². The summed E-state index contributed by atoms with van der Waals surface area (Å²) in [7, 11) is -2.84. The Hall–Kier alpha value is -1.17. The van der Waals surface area contributed by atoms with Gasteiger partial charge in [-0.3, -0.25) is 0 Å². The first-order chi connectivity index (χ1) is 6.55. The van der Waals surface area contributed by atoms with E-state index in [0.717, 1.165) is 5.56 Å². The number of ether oxygens (including phenoxy) is 1. The van der Waals surface area contributed by atoms with E-state index in [9.17, 15) is 8.42 Å². The summed E-state index contributed by atoms with van der Waals surface area (Å²) in [4.78, 5) is 7.84. The predicted octanol–water partition coefficient (Wildman–Crippen LogP) is -0.0392. The van der Waals surface area contributed by atoms with Crippen LogP contribution in [0.1, 0.15) is 5.56 Å². The molecule has 0 N–H and O–H groups in total. The highest BCUT2D eigenvalue weighted by atomic mass is 32.2. The summed E-state index contributed by atoms with van der Waals surface area (Å²) in [6, 6.07) is 0.246. The maximum absolute atomic E-state index is 10.8. The average molecular weight is 214 g/mol. The van der Waals surface area contributed by atoms with Gasteiger partial charge in [0.2, 0.25) is 0 Å². The molecule has 0 amide bonds. The number of sulfone groups is 1. The van der Waals surface area contributed by atoms with E-state index in [0.29, 0.717) is 0 Å². The van der Waals surface area contributed by atoms with Crippen LogP contribution in [0.4, 0.5) is 0 Å². The number of aryl methyl sites for hydroxylation is 1. The van der Waals surface area contributed by atoms with Crippen LogP contribution in [-0.2, 0) is 9.84 Å². The first-order valence-corrected chi connectivity index (χ1v) is 6.03. The Morgan fingerprint density at radius 1 is 1.36 bits per heavy atom. The van der Waals surface area contributed by atoms with Gasteiger partial charge in [0.25, 0.3) is 0 Å². The third kappa shape index (κ3) is 2.01. The maximum Gasteiger partial charge on any atom is 0.316 e. The van der Waals surface area contributed by atoms with Crippen LogP contribution in [0.5, 0.6) is 6.01 Å². The molecular formula is C8H10N2O3S. The molecule has 1 aromatic rings. The summed E-state index contributed by atoms with van der Waals surface area (Å²) >= 11 is 0. The lowest BCUT2D eigenvalue weighted by Crippen LogP contribution is -2.45. The van der Waals surface area contributed by atoms with Gasteiger partial charge in [-0.15, -0.1) is 0 Å². The van der Waals surface area contributed by atoms with E-state index < -0.39 is 9.84 Å². The zero-order chi connectivity index (χ0) is 10.2. The molecule has 0 saturated carbocycles. The minimum atomic E-state index is -2.84. The van der Waals surface area contributed by atoms with Crippen LogP contribution in [0.3, 0.4) is 0 Å². The van der Waals surface area contributed by atoms with Crippen molar-refractivity contribution in [1.82, 2.24) is 9.97 Å². The largest absolute Gasteiger partial charge is 0.458 e. The smallest absolute Gasteiger partial charge is 0.316 e. The third-order valence-corrected chi connectivity index (χ3v) is 3.67. The molecule has 0 unspecified atom stereocenters. The van der Waals surface area contributed by atoms with Crippen molar-refractivity contribution in [2.45, 2.75) is 13.0 Å². The molecule has 76 valence electrons. The molecule has 6 heteroatoms. The van der Waals surface area contributed by atoms with Crippen molar-refractivity contribution >= 4 is 9.84 Å². The predicted molar refractivity (Wildman–Crippen MR) is 49.8 cm³/mol. The fourth-order valence-electron chi connectivity index (χ4n) is 1.18. The van der Waals surface area contributed by atoms with E-state index in [-0.39, 0.29) is 23.6 Å². The number of rotatable bonds is 2. The third-order valence-electron chi connectivity index (χ3n) is 1.91. The van der Waals surface area contributed by atoms with Crippen LogP contribution < -0.4 is 4.74 Å². The van der Waals surface area contributed by atoms with E-state index in [1.54, 1.807) is 12.4 Å². The molecule has 14 heavy (non-hydrogen) atoms. The van der Waals surface area contributed by atoms with Crippen LogP contribution in [0.2, 0.25) is 0 Å². The highest BCUT2D eigenvalue weighted by Gasteiger charge is 2.35. The first kappa shape index (κ1) is 9.39. The van der Waals surface area contributed by atoms with E-state index in [1.807, 2.05) is 6.92 Å². The molecule has 0 aliphatic carbocycles. The molecule has 1 aliphatic rings. The van der Waals surface area contributed by atoms with Crippen LogP contribution in [0.15, 0.2) is 12.4 Å². The molecule has 1 aromatic heterocycles. The summed E-state index contributed by atoms with van der Waals surface area (Å²) in [5, 5.41) is 0. The molecule has 0 bridgehead atoms. The fraction of sp³-hybridized carbons (Fsp3) is 0.500. The molecule has 2 heterocycles. The monoisotopic (exact) mass is 214 g/mol.